The number of fused-ring (bicyclic) bond motifs is 2. The van der Waals surface area contributed by atoms with E-state index in [4.69, 9.17) is 4.74 Å². The highest BCUT2D eigenvalue weighted by molar-refractivity contribution is 8.02. The van der Waals surface area contributed by atoms with Crippen LogP contribution in [0.2, 0.25) is 0 Å². The number of ether oxygens (including phenoxy) is 1. The molecule has 2 fully saturated rings. The second kappa shape index (κ2) is 9.45. The number of rotatable bonds is 4. The third-order valence-corrected chi connectivity index (χ3v) is 8.96. The molecule has 4 rings (SSSR count). The molecular weight excluding hydrogens is 440 g/mol. The summed E-state index contributed by atoms with van der Waals surface area (Å²) in [6.45, 7) is 7.29. The van der Waals surface area contributed by atoms with E-state index >= 15 is 0 Å². The summed E-state index contributed by atoms with van der Waals surface area (Å²) in [5.41, 5.74) is -0.398. The van der Waals surface area contributed by atoms with Gasteiger partial charge in [0, 0.05) is 30.5 Å². The number of amides is 2. The second-order valence-corrected chi connectivity index (χ2v) is 11.9. The average Bonchev–Trinajstić information content (AvgIpc) is 3.12. The number of aliphatic hydroxyl groups excluding tert-OH is 1. The van der Waals surface area contributed by atoms with E-state index in [2.05, 4.69) is 12.2 Å². The van der Waals surface area contributed by atoms with Gasteiger partial charge in [0.1, 0.15) is 6.04 Å². The first-order valence-electron chi connectivity index (χ1n) is 12.1. The summed E-state index contributed by atoms with van der Waals surface area (Å²) in [5, 5.41) is 9.07. The summed E-state index contributed by atoms with van der Waals surface area (Å²) in [6, 6.07) is -0.671. The molecule has 4 aliphatic heterocycles. The molecule has 2 saturated heterocycles. The maximum Gasteiger partial charge on any atom is 0.311 e. The van der Waals surface area contributed by atoms with E-state index in [1.807, 2.05) is 37.8 Å². The topological polar surface area (TPSA) is 87.2 Å². The number of hydrogen-bond donors (Lipinski definition) is 1. The third-order valence-electron chi connectivity index (χ3n) is 7.22. The molecule has 8 heteroatoms. The lowest BCUT2D eigenvalue weighted by Crippen LogP contribution is -2.57. The van der Waals surface area contributed by atoms with Gasteiger partial charge >= 0.3 is 5.97 Å². The number of carbonyl (C=O) groups excluding carboxylic acids is 3. The minimum Gasteiger partial charge on any atom is -0.465 e. The number of likely N-dealkylation sites (tertiary alicyclic amines) is 1. The van der Waals surface area contributed by atoms with Gasteiger partial charge in [-0.3, -0.25) is 14.4 Å². The van der Waals surface area contributed by atoms with Gasteiger partial charge in [-0.05, 0) is 52.9 Å². The molecule has 0 aromatic heterocycles. The number of nitrogens with zero attached hydrogens (tertiary/aromatic N) is 2. The van der Waals surface area contributed by atoms with Crippen LogP contribution in [0.15, 0.2) is 24.3 Å². The number of allylic oxidation sites excluding steroid dienone is 1. The molecule has 1 unspecified atom stereocenters. The SMILES string of the molecule is CC(C)(C)N1CC=C[C@]23S[C@H]4/C=C\CCCCOC(=O)[C@H]4[C@H]2C(=O)N(CCCCO)C3C1=O. The van der Waals surface area contributed by atoms with Gasteiger partial charge in [0.15, 0.2) is 0 Å². The number of esters is 1. The number of thioether (sulfide) groups is 1. The fourth-order valence-corrected chi connectivity index (χ4v) is 7.66. The Morgan fingerprint density at radius 3 is 2.67 bits per heavy atom. The van der Waals surface area contributed by atoms with Crippen molar-refractivity contribution in [2.75, 3.05) is 26.3 Å². The minimum absolute atomic E-state index is 0.0415. The zero-order valence-electron chi connectivity index (χ0n) is 19.9. The third kappa shape index (κ3) is 4.25. The predicted octanol–water partition coefficient (Wildman–Crippen LogP) is 2.54. The molecule has 0 aliphatic carbocycles. The zero-order chi connectivity index (χ0) is 23.8. The van der Waals surface area contributed by atoms with Gasteiger partial charge in [0.2, 0.25) is 11.8 Å². The van der Waals surface area contributed by atoms with E-state index in [0.29, 0.717) is 32.5 Å². The monoisotopic (exact) mass is 476 g/mol. The Hall–Kier alpha value is -1.80. The van der Waals surface area contributed by atoms with Gasteiger partial charge < -0.3 is 19.6 Å². The summed E-state index contributed by atoms with van der Waals surface area (Å²) < 4.78 is 4.82. The van der Waals surface area contributed by atoms with Crippen molar-refractivity contribution in [1.82, 2.24) is 9.80 Å². The molecule has 0 aromatic carbocycles. The highest BCUT2D eigenvalue weighted by Crippen LogP contribution is 2.60. The van der Waals surface area contributed by atoms with Crippen LogP contribution in [0.3, 0.4) is 0 Å². The minimum atomic E-state index is -0.805. The lowest BCUT2D eigenvalue weighted by Gasteiger charge is -2.40. The molecule has 4 aliphatic rings. The van der Waals surface area contributed by atoms with Crippen LogP contribution in [-0.2, 0) is 19.1 Å². The Bertz CT molecular complexity index is 850. The molecule has 7 nitrogen and oxygen atoms in total. The molecule has 0 radical (unpaired) electrons. The summed E-state index contributed by atoms with van der Waals surface area (Å²) >= 11 is 1.58. The molecule has 0 bridgehead atoms. The quantitative estimate of drug-likeness (QED) is 0.381. The smallest absolute Gasteiger partial charge is 0.311 e. The maximum atomic E-state index is 14.0. The highest BCUT2D eigenvalue weighted by atomic mass is 32.2. The highest BCUT2D eigenvalue weighted by Gasteiger charge is 2.71. The van der Waals surface area contributed by atoms with Crippen LogP contribution < -0.4 is 0 Å². The Morgan fingerprint density at radius 1 is 1.15 bits per heavy atom. The predicted molar refractivity (Wildman–Crippen MR) is 127 cm³/mol. The van der Waals surface area contributed by atoms with E-state index in [9.17, 15) is 19.5 Å². The molecule has 2 amide bonds. The van der Waals surface area contributed by atoms with Crippen molar-refractivity contribution in [3.8, 4) is 0 Å². The van der Waals surface area contributed by atoms with Gasteiger partial charge in [0.05, 0.1) is 23.2 Å². The van der Waals surface area contributed by atoms with Gasteiger partial charge in [-0.15, -0.1) is 11.8 Å². The van der Waals surface area contributed by atoms with E-state index < -0.39 is 28.2 Å². The average molecular weight is 477 g/mol. The number of unbranched alkanes of at least 4 members (excludes halogenated alkanes) is 1. The molecule has 5 atom stereocenters. The van der Waals surface area contributed by atoms with Crippen LogP contribution in [0, 0.1) is 11.8 Å². The van der Waals surface area contributed by atoms with Crippen molar-refractivity contribution in [3.05, 3.63) is 24.3 Å². The standard InChI is InChI=1S/C25H36N2O5S/c1-24(2,3)27-14-10-12-25-19(21(29)26(13-7-8-15-28)20(25)22(27)30)18-17(33-25)11-6-4-5-9-16-32-23(18)31/h6,10-12,17-20,28H,4-5,7-9,13-16H2,1-3H3/b11-6-/t17-,18+,19-,20?,25-/m0/s1. The van der Waals surface area contributed by atoms with Gasteiger partial charge in [-0.25, -0.2) is 0 Å². The van der Waals surface area contributed by atoms with E-state index in [-0.39, 0.29) is 29.6 Å². The first kappa shape index (κ1) is 24.3. The lowest BCUT2D eigenvalue weighted by atomic mass is 9.78. The van der Waals surface area contributed by atoms with Crippen LogP contribution in [0.5, 0.6) is 0 Å². The van der Waals surface area contributed by atoms with E-state index in [1.54, 1.807) is 16.7 Å². The zero-order valence-corrected chi connectivity index (χ0v) is 20.7. The van der Waals surface area contributed by atoms with Crippen LogP contribution >= 0.6 is 11.8 Å². The van der Waals surface area contributed by atoms with Gasteiger partial charge in [0.25, 0.3) is 0 Å². The maximum absolute atomic E-state index is 14.0. The van der Waals surface area contributed by atoms with Crippen LogP contribution in [0.4, 0.5) is 0 Å². The molecular formula is C25H36N2O5S. The number of hydrogen-bond acceptors (Lipinski definition) is 6. The van der Waals surface area contributed by atoms with Crippen molar-refractivity contribution < 1.29 is 24.2 Å². The lowest BCUT2D eigenvalue weighted by molar-refractivity contribution is -0.153. The van der Waals surface area contributed by atoms with Crippen molar-refractivity contribution in [2.45, 2.75) is 74.5 Å². The van der Waals surface area contributed by atoms with Crippen LogP contribution in [-0.4, -0.2) is 80.6 Å². The van der Waals surface area contributed by atoms with E-state index in [0.717, 1.165) is 19.3 Å². The molecule has 33 heavy (non-hydrogen) atoms. The Kier molecular flexibility index (Phi) is 6.97. The van der Waals surface area contributed by atoms with Crippen molar-refractivity contribution >= 4 is 29.5 Å². The number of cyclic esters (lactones) is 1. The largest absolute Gasteiger partial charge is 0.465 e. The van der Waals surface area contributed by atoms with E-state index in [1.165, 1.54) is 0 Å². The fourth-order valence-electron chi connectivity index (χ4n) is 5.65. The Morgan fingerprint density at radius 2 is 1.94 bits per heavy atom. The fraction of sp³-hybridized carbons (Fsp3) is 0.720. The molecule has 182 valence electrons. The van der Waals surface area contributed by atoms with Crippen molar-refractivity contribution in [3.63, 3.8) is 0 Å². The molecule has 1 N–H and O–H groups in total. The number of carbonyl (C=O) groups is 3. The van der Waals surface area contributed by atoms with Gasteiger partial charge in [-0.2, -0.15) is 0 Å². The second-order valence-electron chi connectivity index (χ2n) is 10.4. The van der Waals surface area contributed by atoms with Crippen molar-refractivity contribution in [2.24, 2.45) is 11.8 Å². The number of aliphatic hydroxyl groups is 1. The normalized spacial score (nSPS) is 35.6. The molecule has 4 heterocycles. The molecule has 0 aromatic rings. The van der Waals surface area contributed by atoms with Crippen LogP contribution in [0.25, 0.3) is 0 Å². The van der Waals surface area contributed by atoms with Crippen molar-refractivity contribution in [1.29, 1.82) is 0 Å². The first-order valence-corrected chi connectivity index (χ1v) is 13.0. The summed E-state index contributed by atoms with van der Waals surface area (Å²) in [5.74, 6) is -1.79. The molecule has 0 saturated carbocycles. The first-order chi connectivity index (χ1) is 15.7. The summed E-state index contributed by atoms with van der Waals surface area (Å²) in [6.07, 6.45) is 12.1. The summed E-state index contributed by atoms with van der Waals surface area (Å²) in [4.78, 5) is 44.7. The summed E-state index contributed by atoms with van der Waals surface area (Å²) in [7, 11) is 0. The Labute approximate surface area is 200 Å². The molecule has 1 spiro atoms. The van der Waals surface area contributed by atoms with Gasteiger partial charge in [-0.1, -0.05) is 24.3 Å². The van der Waals surface area contributed by atoms with Crippen LogP contribution in [0.1, 0.15) is 52.9 Å². The Balaban J connectivity index is 1.79.